The molecule has 1 atom stereocenters. The SMILES string of the molecule is O=C(OCc1ccccc1)C(Cl)CCc1ccc(-c2ccccc2)cc1. The maximum Gasteiger partial charge on any atom is 0.324 e. The van der Waals surface area contributed by atoms with Crippen LogP contribution in [0.4, 0.5) is 0 Å². The van der Waals surface area contributed by atoms with E-state index < -0.39 is 5.38 Å². The highest BCUT2D eigenvalue weighted by atomic mass is 35.5. The summed E-state index contributed by atoms with van der Waals surface area (Å²) in [5.41, 5.74) is 4.49. The molecular formula is C23H21ClO2. The van der Waals surface area contributed by atoms with Gasteiger partial charge in [-0.2, -0.15) is 0 Å². The Balaban J connectivity index is 1.48. The fraction of sp³-hybridized carbons (Fsp3) is 0.174. The van der Waals surface area contributed by atoms with Crippen LogP contribution in [-0.4, -0.2) is 11.3 Å². The van der Waals surface area contributed by atoms with Crippen molar-refractivity contribution >= 4 is 17.6 Å². The molecule has 0 amide bonds. The second-order valence-electron chi connectivity index (χ2n) is 6.16. The van der Waals surface area contributed by atoms with Gasteiger partial charge in [0.05, 0.1) is 0 Å². The number of esters is 1. The lowest BCUT2D eigenvalue weighted by Crippen LogP contribution is -2.18. The fourth-order valence-corrected chi connectivity index (χ4v) is 2.90. The Hall–Kier alpha value is -2.58. The minimum Gasteiger partial charge on any atom is -0.460 e. The first-order valence-corrected chi connectivity index (χ1v) is 9.15. The second kappa shape index (κ2) is 9.21. The molecule has 0 aliphatic heterocycles. The molecule has 2 nitrogen and oxygen atoms in total. The van der Waals surface area contributed by atoms with Crippen molar-refractivity contribution in [1.82, 2.24) is 0 Å². The molecule has 0 spiro atoms. The van der Waals surface area contributed by atoms with Crippen molar-refractivity contribution in [2.24, 2.45) is 0 Å². The third-order valence-corrected chi connectivity index (χ3v) is 4.62. The van der Waals surface area contributed by atoms with Crippen molar-refractivity contribution in [2.45, 2.75) is 24.8 Å². The molecular weight excluding hydrogens is 344 g/mol. The number of carbonyl (C=O) groups excluding carboxylic acids is 1. The van der Waals surface area contributed by atoms with Gasteiger partial charge in [0.1, 0.15) is 12.0 Å². The second-order valence-corrected chi connectivity index (χ2v) is 6.69. The standard InChI is InChI=1S/C23H21ClO2/c24-22(23(25)26-17-19-7-3-1-4-8-19)16-13-18-11-14-21(15-12-18)20-9-5-2-6-10-20/h1-12,14-15,22H,13,16-17H2. The number of aryl methyl sites for hydroxylation is 1. The third-order valence-electron chi connectivity index (χ3n) is 4.23. The van der Waals surface area contributed by atoms with Crippen LogP contribution < -0.4 is 0 Å². The van der Waals surface area contributed by atoms with Crippen LogP contribution in [0.3, 0.4) is 0 Å². The van der Waals surface area contributed by atoms with Gasteiger partial charge in [0.2, 0.25) is 0 Å². The van der Waals surface area contributed by atoms with Crippen LogP contribution in [-0.2, 0) is 22.6 Å². The van der Waals surface area contributed by atoms with Crippen LogP contribution in [0.5, 0.6) is 0 Å². The van der Waals surface area contributed by atoms with Crippen LogP contribution in [0.2, 0.25) is 0 Å². The normalized spacial score (nSPS) is 11.7. The molecule has 132 valence electrons. The first-order chi connectivity index (χ1) is 12.7. The van der Waals surface area contributed by atoms with Gasteiger partial charge in [-0.05, 0) is 35.1 Å². The number of benzene rings is 3. The fourth-order valence-electron chi connectivity index (χ4n) is 2.72. The van der Waals surface area contributed by atoms with Gasteiger partial charge in [-0.15, -0.1) is 11.6 Å². The van der Waals surface area contributed by atoms with Crippen molar-refractivity contribution in [2.75, 3.05) is 0 Å². The Bertz CT molecular complexity index is 814. The van der Waals surface area contributed by atoms with Crippen molar-refractivity contribution in [1.29, 1.82) is 0 Å². The van der Waals surface area contributed by atoms with E-state index in [1.165, 1.54) is 11.1 Å². The van der Waals surface area contributed by atoms with Crippen molar-refractivity contribution in [3.05, 3.63) is 96.1 Å². The number of halogens is 1. The van der Waals surface area contributed by atoms with Crippen LogP contribution in [0.25, 0.3) is 11.1 Å². The molecule has 0 aliphatic carbocycles. The Morgan fingerprint density at radius 2 is 1.35 bits per heavy atom. The molecule has 26 heavy (non-hydrogen) atoms. The molecule has 0 bridgehead atoms. The summed E-state index contributed by atoms with van der Waals surface area (Å²) in [7, 11) is 0. The molecule has 0 N–H and O–H groups in total. The van der Waals surface area contributed by atoms with Crippen LogP contribution >= 0.6 is 11.6 Å². The summed E-state index contributed by atoms with van der Waals surface area (Å²) in [4.78, 5) is 12.0. The van der Waals surface area contributed by atoms with E-state index >= 15 is 0 Å². The summed E-state index contributed by atoms with van der Waals surface area (Å²) < 4.78 is 5.28. The molecule has 0 saturated heterocycles. The largest absolute Gasteiger partial charge is 0.460 e. The van der Waals surface area contributed by atoms with Gasteiger partial charge < -0.3 is 4.74 Å². The van der Waals surface area contributed by atoms with E-state index in [2.05, 4.69) is 36.4 Å². The van der Waals surface area contributed by atoms with E-state index in [4.69, 9.17) is 16.3 Å². The highest BCUT2D eigenvalue weighted by Crippen LogP contribution is 2.20. The summed E-state index contributed by atoms with van der Waals surface area (Å²) in [5.74, 6) is -0.364. The Morgan fingerprint density at radius 1 is 0.769 bits per heavy atom. The zero-order valence-corrected chi connectivity index (χ0v) is 15.2. The highest BCUT2D eigenvalue weighted by Gasteiger charge is 2.17. The summed E-state index contributed by atoms with van der Waals surface area (Å²) in [6.45, 7) is 0.259. The van der Waals surface area contributed by atoms with Crippen LogP contribution in [0.1, 0.15) is 17.5 Å². The van der Waals surface area contributed by atoms with Crippen molar-refractivity contribution < 1.29 is 9.53 Å². The lowest BCUT2D eigenvalue weighted by Gasteiger charge is -2.10. The molecule has 3 rings (SSSR count). The minimum absolute atomic E-state index is 0.259. The van der Waals surface area contributed by atoms with Crippen molar-refractivity contribution in [3.63, 3.8) is 0 Å². The average molecular weight is 365 g/mol. The Labute approximate surface area is 159 Å². The first-order valence-electron chi connectivity index (χ1n) is 8.71. The predicted octanol–water partition coefficient (Wildman–Crippen LogP) is 5.64. The Kier molecular flexibility index (Phi) is 6.45. The van der Waals surface area contributed by atoms with E-state index in [1.54, 1.807) is 0 Å². The van der Waals surface area contributed by atoms with Gasteiger partial charge >= 0.3 is 5.97 Å². The molecule has 0 saturated carbocycles. The quantitative estimate of drug-likeness (QED) is 0.400. The molecule has 3 aromatic rings. The molecule has 3 heteroatoms. The van der Waals surface area contributed by atoms with Gasteiger partial charge in [0.15, 0.2) is 0 Å². The summed E-state index contributed by atoms with van der Waals surface area (Å²) in [6.07, 6.45) is 1.30. The number of alkyl halides is 1. The Morgan fingerprint density at radius 3 is 2.00 bits per heavy atom. The molecule has 0 heterocycles. The van der Waals surface area contributed by atoms with E-state index in [-0.39, 0.29) is 12.6 Å². The molecule has 0 aliphatic rings. The molecule has 3 aromatic carbocycles. The van der Waals surface area contributed by atoms with Crippen molar-refractivity contribution in [3.8, 4) is 11.1 Å². The number of hydrogen-bond donors (Lipinski definition) is 0. The van der Waals surface area contributed by atoms with E-state index in [0.29, 0.717) is 6.42 Å². The van der Waals surface area contributed by atoms with Gasteiger partial charge in [0, 0.05) is 0 Å². The minimum atomic E-state index is -0.632. The van der Waals surface area contributed by atoms with Gasteiger partial charge in [0.25, 0.3) is 0 Å². The summed E-state index contributed by atoms with van der Waals surface area (Å²) >= 11 is 6.20. The van der Waals surface area contributed by atoms with Gasteiger partial charge in [-0.25, -0.2) is 0 Å². The predicted molar refractivity (Wildman–Crippen MR) is 106 cm³/mol. The number of rotatable bonds is 7. The smallest absolute Gasteiger partial charge is 0.324 e. The molecule has 0 radical (unpaired) electrons. The lowest BCUT2D eigenvalue weighted by atomic mass is 10.0. The average Bonchev–Trinajstić information content (AvgIpc) is 2.72. The van der Waals surface area contributed by atoms with E-state index in [9.17, 15) is 4.79 Å². The summed E-state index contributed by atoms with van der Waals surface area (Å²) in [5, 5.41) is -0.632. The van der Waals surface area contributed by atoms with Gasteiger partial charge in [-0.1, -0.05) is 84.9 Å². The van der Waals surface area contributed by atoms with Crippen LogP contribution in [0.15, 0.2) is 84.9 Å². The monoisotopic (exact) mass is 364 g/mol. The number of ether oxygens (including phenoxy) is 1. The molecule has 1 unspecified atom stereocenters. The first kappa shape index (κ1) is 18.2. The zero-order valence-electron chi connectivity index (χ0n) is 14.5. The lowest BCUT2D eigenvalue weighted by molar-refractivity contribution is -0.144. The third kappa shape index (κ3) is 5.21. The number of carbonyl (C=O) groups is 1. The van der Waals surface area contributed by atoms with Crippen LogP contribution in [0, 0.1) is 0 Å². The maximum absolute atomic E-state index is 12.0. The van der Waals surface area contributed by atoms with E-state index in [0.717, 1.165) is 17.5 Å². The van der Waals surface area contributed by atoms with E-state index in [1.807, 2.05) is 48.5 Å². The van der Waals surface area contributed by atoms with Gasteiger partial charge in [-0.3, -0.25) is 4.79 Å². The molecule has 0 fully saturated rings. The maximum atomic E-state index is 12.0. The summed E-state index contributed by atoms with van der Waals surface area (Å²) in [6, 6.07) is 28.2. The molecule has 0 aromatic heterocycles. The number of hydrogen-bond acceptors (Lipinski definition) is 2. The zero-order chi connectivity index (χ0) is 18.2. The topological polar surface area (TPSA) is 26.3 Å². The highest BCUT2D eigenvalue weighted by molar-refractivity contribution is 6.29.